The van der Waals surface area contributed by atoms with Gasteiger partial charge in [-0.15, -0.1) is 0 Å². The number of fused-ring (bicyclic) bond motifs is 1. The molecule has 2 rings (SSSR count). The van der Waals surface area contributed by atoms with Gasteiger partial charge in [-0.25, -0.2) is 4.98 Å². The molecule has 0 atom stereocenters. The predicted molar refractivity (Wildman–Crippen MR) is 49.7 cm³/mol. The predicted octanol–water partition coefficient (Wildman–Crippen LogP) is 1.37. The van der Waals surface area contributed by atoms with Crippen LogP contribution in [0.1, 0.15) is 6.92 Å². The van der Waals surface area contributed by atoms with Crippen LogP contribution in [-0.4, -0.2) is 21.1 Å². The van der Waals surface area contributed by atoms with Gasteiger partial charge in [0.1, 0.15) is 5.52 Å². The summed E-state index contributed by atoms with van der Waals surface area (Å²) in [6.07, 6.45) is 1.75. The van der Waals surface area contributed by atoms with Crippen molar-refractivity contribution >= 4 is 11.2 Å². The van der Waals surface area contributed by atoms with Gasteiger partial charge in [-0.3, -0.25) is 4.57 Å². The molecule has 0 N–H and O–H groups in total. The molecular weight excluding hydrogens is 166 g/mol. The van der Waals surface area contributed by atoms with Crippen LogP contribution in [0.2, 0.25) is 0 Å². The Kier molecular flexibility index (Phi) is 1.88. The number of pyridine rings is 1. The van der Waals surface area contributed by atoms with Gasteiger partial charge in [-0.1, -0.05) is 0 Å². The monoisotopic (exact) mass is 177 g/mol. The summed E-state index contributed by atoms with van der Waals surface area (Å²) in [5, 5.41) is 0. The van der Waals surface area contributed by atoms with Crippen molar-refractivity contribution in [2.75, 3.05) is 6.61 Å². The molecule has 0 saturated carbocycles. The van der Waals surface area contributed by atoms with E-state index in [4.69, 9.17) is 4.74 Å². The maximum absolute atomic E-state index is 5.33. The van der Waals surface area contributed by atoms with Crippen LogP contribution in [0.25, 0.3) is 11.2 Å². The first-order valence-corrected chi connectivity index (χ1v) is 4.23. The van der Waals surface area contributed by atoms with Gasteiger partial charge in [0.25, 0.3) is 6.01 Å². The molecule has 0 aliphatic rings. The summed E-state index contributed by atoms with van der Waals surface area (Å²) in [6, 6.07) is 4.41. The van der Waals surface area contributed by atoms with Crippen LogP contribution in [0, 0.1) is 0 Å². The summed E-state index contributed by atoms with van der Waals surface area (Å²) in [6.45, 7) is 2.56. The third-order valence-electron chi connectivity index (χ3n) is 1.86. The Hall–Kier alpha value is -1.58. The van der Waals surface area contributed by atoms with Gasteiger partial charge in [0, 0.05) is 13.2 Å². The van der Waals surface area contributed by atoms with E-state index in [1.165, 1.54) is 0 Å². The van der Waals surface area contributed by atoms with Crippen molar-refractivity contribution in [1.82, 2.24) is 14.5 Å². The van der Waals surface area contributed by atoms with Crippen molar-refractivity contribution in [1.29, 1.82) is 0 Å². The van der Waals surface area contributed by atoms with E-state index >= 15 is 0 Å². The zero-order valence-electron chi connectivity index (χ0n) is 7.69. The zero-order valence-corrected chi connectivity index (χ0v) is 7.69. The van der Waals surface area contributed by atoms with Crippen molar-refractivity contribution < 1.29 is 4.74 Å². The van der Waals surface area contributed by atoms with Crippen molar-refractivity contribution in [2.24, 2.45) is 7.05 Å². The van der Waals surface area contributed by atoms with Crippen LogP contribution in [0.5, 0.6) is 6.01 Å². The second-order valence-corrected chi connectivity index (χ2v) is 2.73. The minimum atomic E-state index is 0.621. The lowest BCUT2D eigenvalue weighted by molar-refractivity contribution is 0.304. The number of rotatable bonds is 2. The Bertz CT molecular complexity index is 422. The summed E-state index contributed by atoms with van der Waals surface area (Å²) >= 11 is 0. The van der Waals surface area contributed by atoms with E-state index < -0.39 is 0 Å². The molecular formula is C9H11N3O. The van der Waals surface area contributed by atoms with Gasteiger partial charge < -0.3 is 4.74 Å². The van der Waals surface area contributed by atoms with E-state index in [1.807, 2.05) is 30.7 Å². The Morgan fingerprint density at radius 2 is 2.38 bits per heavy atom. The fourth-order valence-electron chi connectivity index (χ4n) is 1.26. The lowest BCUT2D eigenvalue weighted by atomic mass is 10.4. The van der Waals surface area contributed by atoms with Gasteiger partial charge >= 0.3 is 0 Å². The Balaban J connectivity index is 2.60. The number of aromatic nitrogens is 3. The van der Waals surface area contributed by atoms with Crippen molar-refractivity contribution in [3.05, 3.63) is 18.3 Å². The first-order chi connectivity index (χ1) is 6.33. The first kappa shape index (κ1) is 8.04. The van der Waals surface area contributed by atoms with Crippen LogP contribution < -0.4 is 4.74 Å². The summed E-state index contributed by atoms with van der Waals surface area (Å²) in [4.78, 5) is 8.48. The van der Waals surface area contributed by atoms with Crippen LogP contribution in [0.3, 0.4) is 0 Å². The second kappa shape index (κ2) is 3.05. The number of hydrogen-bond acceptors (Lipinski definition) is 3. The standard InChI is InChI=1S/C9H11N3O/c1-3-13-9-11-7-5-4-6-10-8(7)12(9)2/h4-6H,3H2,1-2H3. The Labute approximate surface area is 76.2 Å². The lowest BCUT2D eigenvalue weighted by Gasteiger charge is -2.00. The minimum Gasteiger partial charge on any atom is -0.465 e. The highest BCUT2D eigenvalue weighted by Crippen LogP contribution is 2.16. The van der Waals surface area contributed by atoms with Gasteiger partial charge in [0.05, 0.1) is 6.61 Å². The SMILES string of the molecule is CCOc1nc2cccnc2n1C. The largest absolute Gasteiger partial charge is 0.465 e. The van der Waals surface area contributed by atoms with E-state index in [9.17, 15) is 0 Å². The normalized spacial score (nSPS) is 10.6. The number of nitrogens with zero attached hydrogens (tertiary/aromatic N) is 3. The Morgan fingerprint density at radius 1 is 1.54 bits per heavy atom. The maximum Gasteiger partial charge on any atom is 0.298 e. The van der Waals surface area contributed by atoms with Gasteiger partial charge in [-0.05, 0) is 19.1 Å². The van der Waals surface area contributed by atoms with Crippen LogP contribution in [0.15, 0.2) is 18.3 Å². The number of hydrogen-bond donors (Lipinski definition) is 0. The molecule has 0 aliphatic carbocycles. The topological polar surface area (TPSA) is 39.9 Å². The Morgan fingerprint density at radius 3 is 3.08 bits per heavy atom. The molecule has 4 heteroatoms. The lowest BCUT2D eigenvalue weighted by Crippen LogP contribution is -1.99. The highest BCUT2D eigenvalue weighted by atomic mass is 16.5. The number of imidazole rings is 1. The molecule has 0 aromatic carbocycles. The average molecular weight is 177 g/mol. The van der Waals surface area contributed by atoms with Crippen molar-refractivity contribution in [3.63, 3.8) is 0 Å². The summed E-state index contributed by atoms with van der Waals surface area (Å²) in [7, 11) is 1.90. The van der Waals surface area contributed by atoms with E-state index in [1.54, 1.807) is 6.20 Å². The summed E-state index contributed by atoms with van der Waals surface area (Å²) < 4.78 is 7.18. The molecule has 0 saturated heterocycles. The van der Waals surface area contributed by atoms with E-state index in [0.29, 0.717) is 12.6 Å². The van der Waals surface area contributed by atoms with Crippen molar-refractivity contribution in [2.45, 2.75) is 6.92 Å². The van der Waals surface area contributed by atoms with E-state index in [2.05, 4.69) is 9.97 Å². The fourth-order valence-corrected chi connectivity index (χ4v) is 1.26. The van der Waals surface area contributed by atoms with E-state index in [-0.39, 0.29) is 0 Å². The van der Waals surface area contributed by atoms with Gasteiger partial charge in [-0.2, -0.15) is 4.98 Å². The zero-order chi connectivity index (χ0) is 9.26. The molecule has 2 heterocycles. The molecule has 0 amide bonds. The van der Waals surface area contributed by atoms with Crippen LogP contribution >= 0.6 is 0 Å². The molecule has 0 bridgehead atoms. The molecule has 0 radical (unpaired) electrons. The number of aryl methyl sites for hydroxylation is 1. The summed E-state index contributed by atoms with van der Waals surface area (Å²) in [5.74, 6) is 0. The van der Waals surface area contributed by atoms with Gasteiger partial charge in [0.2, 0.25) is 0 Å². The first-order valence-electron chi connectivity index (χ1n) is 4.23. The third-order valence-corrected chi connectivity index (χ3v) is 1.86. The van der Waals surface area contributed by atoms with E-state index in [0.717, 1.165) is 11.2 Å². The van der Waals surface area contributed by atoms with Crippen molar-refractivity contribution in [3.8, 4) is 6.01 Å². The molecule has 2 aromatic heterocycles. The highest BCUT2D eigenvalue weighted by molar-refractivity contribution is 5.71. The molecule has 0 fully saturated rings. The highest BCUT2D eigenvalue weighted by Gasteiger charge is 2.07. The molecule has 0 unspecified atom stereocenters. The van der Waals surface area contributed by atoms with Crippen LogP contribution in [0.4, 0.5) is 0 Å². The molecule has 2 aromatic rings. The third kappa shape index (κ3) is 1.24. The maximum atomic E-state index is 5.33. The molecule has 4 nitrogen and oxygen atoms in total. The molecule has 13 heavy (non-hydrogen) atoms. The molecule has 0 spiro atoms. The summed E-state index contributed by atoms with van der Waals surface area (Å²) in [5.41, 5.74) is 1.72. The van der Waals surface area contributed by atoms with Crippen LogP contribution in [-0.2, 0) is 7.05 Å². The quantitative estimate of drug-likeness (QED) is 0.695. The molecule has 0 aliphatic heterocycles. The smallest absolute Gasteiger partial charge is 0.298 e. The second-order valence-electron chi connectivity index (χ2n) is 2.73. The van der Waals surface area contributed by atoms with Gasteiger partial charge in [0.15, 0.2) is 5.65 Å². The molecule has 68 valence electrons. The number of ether oxygens (including phenoxy) is 1. The average Bonchev–Trinajstić information content (AvgIpc) is 2.46. The minimum absolute atomic E-state index is 0.621. The fraction of sp³-hybridized carbons (Fsp3) is 0.333.